The highest BCUT2D eigenvalue weighted by molar-refractivity contribution is 5.32. The van der Waals surface area contributed by atoms with E-state index in [4.69, 9.17) is 4.74 Å². The molecule has 0 saturated heterocycles. The third-order valence-corrected chi connectivity index (χ3v) is 3.37. The van der Waals surface area contributed by atoms with Crippen molar-refractivity contribution in [1.82, 2.24) is 0 Å². The van der Waals surface area contributed by atoms with Crippen molar-refractivity contribution in [1.29, 1.82) is 0 Å². The predicted octanol–water partition coefficient (Wildman–Crippen LogP) is 3.09. The number of rotatable bonds is 4. The van der Waals surface area contributed by atoms with Crippen LogP contribution in [0, 0.1) is 5.92 Å². The molecule has 0 aromatic heterocycles. The topological polar surface area (TPSA) is 29.5 Å². The molecule has 1 aliphatic carbocycles. The maximum absolute atomic E-state index is 10.4. The van der Waals surface area contributed by atoms with Gasteiger partial charge in [0, 0.05) is 0 Å². The predicted molar refractivity (Wildman–Crippen MR) is 64.5 cm³/mol. The molecule has 1 atom stereocenters. The third kappa shape index (κ3) is 2.38. The van der Waals surface area contributed by atoms with Crippen LogP contribution in [0.15, 0.2) is 24.3 Å². The first-order chi connectivity index (χ1) is 7.50. The molecular weight excluding hydrogens is 200 g/mol. The Morgan fingerprint density at radius 1 is 1.38 bits per heavy atom. The summed E-state index contributed by atoms with van der Waals surface area (Å²) in [6.07, 6.45) is 2.72. The van der Waals surface area contributed by atoms with Gasteiger partial charge in [-0.3, -0.25) is 0 Å². The zero-order chi connectivity index (χ0) is 11.8. The van der Waals surface area contributed by atoms with Crippen molar-refractivity contribution in [3.05, 3.63) is 29.8 Å². The highest BCUT2D eigenvalue weighted by Gasteiger charge is 2.28. The highest BCUT2D eigenvalue weighted by Crippen LogP contribution is 2.33. The van der Waals surface area contributed by atoms with E-state index in [-0.39, 0.29) is 5.92 Å². The number of ether oxygens (including phenoxy) is 1. The van der Waals surface area contributed by atoms with E-state index in [0.717, 1.165) is 24.2 Å². The van der Waals surface area contributed by atoms with Crippen LogP contribution in [0.25, 0.3) is 0 Å². The van der Waals surface area contributed by atoms with Gasteiger partial charge in [-0.1, -0.05) is 26.0 Å². The van der Waals surface area contributed by atoms with Gasteiger partial charge in [-0.15, -0.1) is 0 Å². The Hall–Kier alpha value is -1.02. The third-order valence-electron chi connectivity index (χ3n) is 3.37. The van der Waals surface area contributed by atoms with Crippen LogP contribution < -0.4 is 4.74 Å². The second-order valence-electron chi connectivity index (χ2n) is 5.15. The molecule has 0 aliphatic heterocycles. The lowest BCUT2D eigenvalue weighted by molar-refractivity contribution is 0.00881. The second kappa shape index (κ2) is 4.10. The van der Waals surface area contributed by atoms with Gasteiger partial charge >= 0.3 is 0 Å². The normalized spacial score (nSPS) is 19.6. The van der Waals surface area contributed by atoms with Crippen molar-refractivity contribution < 1.29 is 9.84 Å². The van der Waals surface area contributed by atoms with Crippen LogP contribution in [-0.2, 0) is 5.60 Å². The Kier molecular flexibility index (Phi) is 2.94. The van der Waals surface area contributed by atoms with E-state index in [0.29, 0.717) is 6.10 Å². The maximum atomic E-state index is 10.4. The molecule has 1 aromatic carbocycles. The molecule has 0 heterocycles. The summed E-state index contributed by atoms with van der Waals surface area (Å²) in [6.45, 7) is 5.90. The molecule has 0 radical (unpaired) electrons. The molecule has 1 saturated carbocycles. The van der Waals surface area contributed by atoms with Gasteiger partial charge in [0.25, 0.3) is 0 Å². The summed E-state index contributed by atoms with van der Waals surface area (Å²) in [5.74, 6) is 1.06. The van der Waals surface area contributed by atoms with E-state index < -0.39 is 5.60 Å². The van der Waals surface area contributed by atoms with Gasteiger partial charge in [-0.05, 0) is 43.4 Å². The Balaban J connectivity index is 2.20. The average molecular weight is 220 g/mol. The Bertz CT molecular complexity index is 365. The van der Waals surface area contributed by atoms with Crippen molar-refractivity contribution in [3.63, 3.8) is 0 Å². The number of benzene rings is 1. The molecule has 16 heavy (non-hydrogen) atoms. The van der Waals surface area contributed by atoms with E-state index >= 15 is 0 Å². The largest absolute Gasteiger partial charge is 0.490 e. The summed E-state index contributed by atoms with van der Waals surface area (Å²) in [6, 6.07) is 7.82. The monoisotopic (exact) mass is 220 g/mol. The summed E-state index contributed by atoms with van der Waals surface area (Å²) < 4.78 is 5.73. The van der Waals surface area contributed by atoms with Gasteiger partial charge in [0.05, 0.1) is 11.7 Å². The molecule has 1 unspecified atom stereocenters. The maximum Gasteiger partial charge on any atom is 0.120 e. The van der Waals surface area contributed by atoms with E-state index in [1.165, 1.54) is 0 Å². The number of hydrogen-bond acceptors (Lipinski definition) is 2. The van der Waals surface area contributed by atoms with Crippen LogP contribution >= 0.6 is 0 Å². The number of hydrogen-bond donors (Lipinski definition) is 1. The van der Waals surface area contributed by atoms with Crippen LogP contribution in [-0.4, -0.2) is 11.2 Å². The molecule has 2 heteroatoms. The van der Waals surface area contributed by atoms with Crippen molar-refractivity contribution in [2.45, 2.75) is 45.3 Å². The number of aliphatic hydroxyl groups is 1. The van der Waals surface area contributed by atoms with Crippen LogP contribution in [0.5, 0.6) is 5.75 Å². The first kappa shape index (κ1) is 11.5. The van der Waals surface area contributed by atoms with Crippen LogP contribution in [0.1, 0.15) is 39.2 Å². The fourth-order valence-electron chi connectivity index (χ4n) is 1.60. The minimum atomic E-state index is -0.789. The Morgan fingerprint density at radius 2 is 2.06 bits per heavy atom. The molecule has 0 spiro atoms. The quantitative estimate of drug-likeness (QED) is 0.845. The second-order valence-corrected chi connectivity index (χ2v) is 5.15. The SMILES string of the molecule is CC(C)C(C)(O)c1cccc(OC2CC2)c1. The van der Waals surface area contributed by atoms with Gasteiger partial charge < -0.3 is 9.84 Å². The molecule has 88 valence electrons. The first-order valence-electron chi connectivity index (χ1n) is 5.99. The molecule has 2 rings (SSSR count). The van der Waals surface area contributed by atoms with Gasteiger partial charge in [0.1, 0.15) is 5.75 Å². The summed E-state index contributed by atoms with van der Waals surface area (Å²) in [7, 11) is 0. The molecule has 1 fully saturated rings. The fourth-order valence-corrected chi connectivity index (χ4v) is 1.60. The van der Waals surface area contributed by atoms with E-state index in [1.807, 2.05) is 45.0 Å². The molecule has 1 aliphatic rings. The van der Waals surface area contributed by atoms with Crippen molar-refractivity contribution in [2.75, 3.05) is 0 Å². The summed E-state index contributed by atoms with van der Waals surface area (Å²) in [4.78, 5) is 0. The van der Waals surface area contributed by atoms with Gasteiger partial charge in [-0.25, -0.2) is 0 Å². The standard InChI is InChI=1S/C14H20O2/c1-10(2)14(3,15)11-5-4-6-13(9-11)16-12-7-8-12/h4-6,9-10,12,15H,7-8H2,1-3H3. The van der Waals surface area contributed by atoms with Gasteiger partial charge in [-0.2, -0.15) is 0 Å². The summed E-state index contributed by atoms with van der Waals surface area (Å²) in [5, 5.41) is 10.4. The van der Waals surface area contributed by atoms with Gasteiger partial charge in [0.2, 0.25) is 0 Å². The smallest absolute Gasteiger partial charge is 0.120 e. The molecule has 2 nitrogen and oxygen atoms in total. The first-order valence-corrected chi connectivity index (χ1v) is 5.99. The average Bonchev–Trinajstić information content (AvgIpc) is 3.02. The fraction of sp³-hybridized carbons (Fsp3) is 0.571. The molecular formula is C14H20O2. The Labute approximate surface area is 97.3 Å². The van der Waals surface area contributed by atoms with E-state index in [9.17, 15) is 5.11 Å². The van der Waals surface area contributed by atoms with Crippen LogP contribution in [0.3, 0.4) is 0 Å². The molecule has 0 bridgehead atoms. The minimum Gasteiger partial charge on any atom is -0.490 e. The Morgan fingerprint density at radius 3 is 2.62 bits per heavy atom. The van der Waals surface area contributed by atoms with Gasteiger partial charge in [0.15, 0.2) is 0 Å². The summed E-state index contributed by atoms with van der Waals surface area (Å²) in [5.41, 5.74) is 0.142. The highest BCUT2D eigenvalue weighted by atomic mass is 16.5. The molecule has 0 amide bonds. The zero-order valence-electron chi connectivity index (χ0n) is 10.2. The lowest BCUT2D eigenvalue weighted by Crippen LogP contribution is -2.27. The molecule has 1 aromatic rings. The summed E-state index contributed by atoms with van der Waals surface area (Å²) >= 11 is 0. The van der Waals surface area contributed by atoms with Crippen molar-refractivity contribution in [3.8, 4) is 5.75 Å². The van der Waals surface area contributed by atoms with E-state index in [2.05, 4.69) is 0 Å². The zero-order valence-corrected chi connectivity index (χ0v) is 10.2. The van der Waals surface area contributed by atoms with Crippen molar-refractivity contribution >= 4 is 0 Å². The van der Waals surface area contributed by atoms with Crippen LogP contribution in [0.4, 0.5) is 0 Å². The minimum absolute atomic E-state index is 0.184. The van der Waals surface area contributed by atoms with Crippen LogP contribution in [0.2, 0.25) is 0 Å². The molecule has 1 N–H and O–H groups in total. The lowest BCUT2D eigenvalue weighted by Gasteiger charge is -2.28. The van der Waals surface area contributed by atoms with E-state index in [1.54, 1.807) is 0 Å². The van der Waals surface area contributed by atoms with Crippen molar-refractivity contribution in [2.24, 2.45) is 5.92 Å². The lowest BCUT2D eigenvalue weighted by atomic mass is 9.85.